The molecule has 0 bridgehead atoms. The quantitative estimate of drug-likeness (QED) is 0.842. The molecule has 0 aliphatic carbocycles. The summed E-state index contributed by atoms with van der Waals surface area (Å²) in [5.74, 6) is 0. The molecule has 0 unspecified atom stereocenters. The number of pyridine rings is 1. The molecule has 0 saturated carbocycles. The molecule has 19 heavy (non-hydrogen) atoms. The van der Waals surface area contributed by atoms with Crippen LogP contribution in [-0.2, 0) is 4.74 Å². The third kappa shape index (κ3) is 3.19. The van der Waals surface area contributed by atoms with Gasteiger partial charge in [-0.1, -0.05) is 30.4 Å². The zero-order valence-corrected chi connectivity index (χ0v) is 11.0. The number of hydrogen-bond acceptors (Lipinski definition) is 3. The SMILES string of the molecule is C(=C\c1cnc2ccccc2c1)/CN1CCOCC1. The van der Waals surface area contributed by atoms with Crippen LogP contribution in [0.5, 0.6) is 0 Å². The maximum Gasteiger partial charge on any atom is 0.0702 e. The zero-order valence-electron chi connectivity index (χ0n) is 11.0. The lowest BCUT2D eigenvalue weighted by molar-refractivity contribution is 0.0435. The predicted molar refractivity (Wildman–Crippen MR) is 78.0 cm³/mol. The summed E-state index contributed by atoms with van der Waals surface area (Å²) in [5, 5.41) is 1.19. The summed E-state index contributed by atoms with van der Waals surface area (Å²) in [6, 6.07) is 10.4. The Bertz CT molecular complexity index is 574. The zero-order chi connectivity index (χ0) is 12.9. The molecule has 1 aliphatic heterocycles. The minimum Gasteiger partial charge on any atom is -0.379 e. The Labute approximate surface area is 113 Å². The lowest BCUT2D eigenvalue weighted by atomic mass is 10.1. The summed E-state index contributed by atoms with van der Waals surface area (Å²) in [6.07, 6.45) is 6.28. The van der Waals surface area contributed by atoms with Crippen molar-refractivity contribution in [1.29, 1.82) is 0 Å². The van der Waals surface area contributed by atoms with Crippen molar-refractivity contribution in [2.45, 2.75) is 0 Å². The fourth-order valence-corrected chi connectivity index (χ4v) is 2.30. The molecule has 1 fully saturated rings. The first-order valence-electron chi connectivity index (χ1n) is 6.73. The minimum atomic E-state index is 0.853. The second-order valence-corrected chi connectivity index (χ2v) is 4.78. The van der Waals surface area contributed by atoms with Gasteiger partial charge in [0, 0.05) is 31.2 Å². The van der Waals surface area contributed by atoms with E-state index in [1.807, 2.05) is 24.4 Å². The van der Waals surface area contributed by atoms with E-state index in [-0.39, 0.29) is 0 Å². The van der Waals surface area contributed by atoms with Gasteiger partial charge < -0.3 is 4.74 Å². The van der Waals surface area contributed by atoms with Crippen LogP contribution >= 0.6 is 0 Å². The standard InChI is InChI=1S/C16H18N2O/c1-2-6-16-15(5-1)12-14(13-17-16)4-3-7-18-8-10-19-11-9-18/h1-6,12-13H,7-11H2/b4-3+. The van der Waals surface area contributed by atoms with Crippen molar-refractivity contribution in [3.8, 4) is 0 Å². The van der Waals surface area contributed by atoms with Gasteiger partial charge in [-0.15, -0.1) is 0 Å². The summed E-state index contributed by atoms with van der Waals surface area (Å²) < 4.78 is 5.34. The second-order valence-electron chi connectivity index (χ2n) is 4.78. The van der Waals surface area contributed by atoms with Gasteiger partial charge in [-0.2, -0.15) is 0 Å². The highest BCUT2D eigenvalue weighted by molar-refractivity contribution is 5.80. The van der Waals surface area contributed by atoms with Crippen molar-refractivity contribution in [2.75, 3.05) is 32.8 Å². The number of hydrogen-bond donors (Lipinski definition) is 0. The Kier molecular flexibility index (Phi) is 3.86. The number of fused-ring (bicyclic) bond motifs is 1. The van der Waals surface area contributed by atoms with Gasteiger partial charge in [-0.3, -0.25) is 9.88 Å². The molecule has 1 saturated heterocycles. The Balaban J connectivity index is 1.66. The summed E-state index contributed by atoms with van der Waals surface area (Å²) in [6.45, 7) is 4.74. The lowest BCUT2D eigenvalue weighted by Crippen LogP contribution is -2.36. The van der Waals surface area contributed by atoms with Crippen molar-refractivity contribution in [1.82, 2.24) is 9.88 Å². The molecule has 3 rings (SSSR count). The molecule has 0 spiro atoms. The number of para-hydroxylation sites is 1. The summed E-state index contributed by atoms with van der Waals surface area (Å²) in [7, 11) is 0. The van der Waals surface area contributed by atoms with Crippen LogP contribution < -0.4 is 0 Å². The highest BCUT2D eigenvalue weighted by Crippen LogP contribution is 2.13. The van der Waals surface area contributed by atoms with E-state index in [2.05, 4.69) is 34.2 Å². The first kappa shape index (κ1) is 12.3. The Morgan fingerprint density at radius 2 is 2.05 bits per heavy atom. The number of rotatable bonds is 3. The van der Waals surface area contributed by atoms with Gasteiger partial charge in [0.2, 0.25) is 0 Å². The molecule has 3 heteroatoms. The van der Waals surface area contributed by atoms with Gasteiger partial charge in [0.1, 0.15) is 0 Å². The normalized spacial score (nSPS) is 17.3. The van der Waals surface area contributed by atoms with Gasteiger partial charge in [0.05, 0.1) is 18.7 Å². The molecule has 0 atom stereocenters. The lowest BCUT2D eigenvalue weighted by Gasteiger charge is -2.25. The summed E-state index contributed by atoms with van der Waals surface area (Å²) in [4.78, 5) is 6.86. The van der Waals surface area contributed by atoms with E-state index in [0.29, 0.717) is 0 Å². The predicted octanol–water partition coefficient (Wildman–Crippen LogP) is 2.58. The van der Waals surface area contributed by atoms with Crippen LogP contribution in [0.1, 0.15) is 5.56 Å². The average Bonchev–Trinajstić information content (AvgIpc) is 2.48. The van der Waals surface area contributed by atoms with Crippen molar-refractivity contribution in [3.05, 3.63) is 48.2 Å². The number of aromatic nitrogens is 1. The van der Waals surface area contributed by atoms with E-state index >= 15 is 0 Å². The molecule has 1 aliphatic rings. The largest absolute Gasteiger partial charge is 0.379 e. The highest BCUT2D eigenvalue weighted by atomic mass is 16.5. The fourth-order valence-electron chi connectivity index (χ4n) is 2.30. The molecular weight excluding hydrogens is 236 g/mol. The van der Waals surface area contributed by atoms with Crippen LogP contribution in [0.2, 0.25) is 0 Å². The van der Waals surface area contributed by atoms with Gasteiger partial charge in [-0.05, 0) is 17.7 Å². The van der Waals surface area contributed by atoms with E-state index in [4.69, 9.17) is 4.74 Å². The van der Waals surface area contributed by atoms with Gasteiger partial charge in [0.25, 0.3) is 0 Å². The van der Waals surface area contributed by atoms with Crippen LogP contribution in [0.3, 0.4) is 0 Å². The third-order valence-corrected chi connectivity index (χ3v) is 3.39. The average molecular weight is 254 g/mol. The summed E-state index contributed by atoms with van der Waals surface area (Å²) >= 11 is 0. The Morgan fingerprint density at radius 1 is 1.21 bits per heavy atom. The minimum absolute atomic E-state index is 0.853. The van der Waals surface area contributed by atoms with Crippen molar-refractivity contribution in [3.63, 3.8) is 0 Å². The van der Waals surface area contributed by atoms with E-state index in [0.717, 1.165) is 43.9 Å². The molecule has 0 radical (unpaired) electrons. The van der Waals surface area contributed by atoms with E-state index in [1.165, 1.54) is 5.39 Å². The third-order valence-electron chi connectivity index (χ3n) is 3.39. The molecular formula is C16H18N2O. The van der Waals surface area contributed by atoms with E-state index in [9.17, 15) is 0 Å². The topological polar surface area (TPSA) is 25.4 Å². The monoisotopic (exact) mass is 254 g/mol. The molecule has 2 aromatic rings. The molecule has 1 aromatic heterocycles. The molecule has 3 nitrogen and oxygen atoms in total. The van der Waals surface area contributed by atoms with Crippen molar-refractivity contribution >= 4 is 17.0 Å². The molecule has 98 valence electrons. The number of morpholine rings is 1. The maximum absolute atomic E-state index is 5.34. The fraction of sp³-hybridized carbons (Fsp3) is 0.312. The first-order chi connectivity index (χ1) is 9.42. The van der Waals surface area contributed by atoms with Crippen LogP contribution in [-0.4, -0.2) is 42.7 Å². The van der Waals surface area contributed by atoms with Crippen molar-refractivity contribution in [2.24, 2.45) is 0 Å². The van der Waals surface area contributed by atoms with Crippen LogP contribution in [0.4, 0.5) is 0 Å². The maximum atomic E-state index is 5.34. The Hall–Kier alpha value is -1.71. The van der Waals surface area contributed by atoms with Crippen LogP contribution in [0.15, 0.2) is 42.6 Å². The molecule has 1 aromatic carbocycles. The van der Waals surface area contributed by atoms with Gasteiger partial charge >= 0.3 is 0 Å². The number of benzene rings is 1. The highest BCUT2D eigenvalue weighted by Gasteiger charge is 2.07. The molecule has 0 N–H and O–H groups in total. The number of ether oxygens (including phenoxy) is 1. The summed E-state index contributed by atoms with van der Waals surface area (Å²) in [5.41, 5.74) is 2.21. The smallest absolute Gasteiger partial charge is 0.0702 e. The number of nitrogens with zero attached hydrogens (tertiary/aromatic N) is 2. The Morgan fingerprint density at radius 3 is 2.95 bits per heavy atom. The van der Waals surface area contributed by atoms with Crippen LogP contribution in [0, 0.1) is 0 Å². The first-order valence-corrected chi connectivity index (χ1v) is 6.73. The second kappa shape index (κ2) is 5.95. The molecule has 2 heterocycles. The van der Waals surface area contributed by atoms with Crippen molar-refractivity contribution < 1.29 is 4.74 Å². The molecule has 0 amide bonds. The van der Waals surface area contributed by atoms with Gasteiger partial charge in [0.15, 0.2) is 0 Å². The van der Waals surface area contributed by atoms with E-state index < -0.39 is 0 Å². The van der Waals surface area contributed by atoms with Gasteiger partial charge in [-0.25, -0.2) is 0 Å². The van der Waals surface area contributed by atoms with E-state index in [1.54, 1.807) is 0 Å². The van der Waals surface area contributed by atoms with Crippen LogP contribution in [0.25, 0.3) is 17.0 Å².